The van der Waals surface area contributed by atoms with Crippen LogP contribution in [0.4, 0.5) is 5.69 Å². The minimum atomic E-state index is -0.790. The Kier molecular flexibility index (Phi) is 6.63. The van der Waals surface area contributed by atoms with Crippen LogP contribution in [-0.2, 0) is 4.79 Å². The van der Waals surface area contributed by atoms with E-state index in [0.29, 0.717) is 57.3 Å². The van der Waals surface area contributed by atoms with Crippen LogP contribution in [0.15, 0.2) is 57.5 Å². The summed E-state index contributed by atoms with van der Waals surface area (Å²) < 4.78 is 18.4. The van der Waals surface area contributed by atoms with E-state index in [1.807, 2.05) is 13.8 Å². The number of ether oxygens (including phenoxy) is 3. The first-order valence-corrected chi connectivity index (χ1v) is 13.0. The smallest absolute Gasteiger partial charge is 0.276 e. The van der Waals surface area contributed by atoms with Gasteiger partial charge in [-0.1, -0.05) is 37.3 Å². The minimum absolute atomic E-state index is 0.0864. The van der Waals surface area contributed by atoms with Crippen LogP contribution in [0.25, 0.3) is 6.08 Å². The van der Waals surface area contributed by atoms with E-state index in [9.17, 15) is 19.7 Å². The van der Waals surface area contributed by atoms with Crippen LogP contribution in [0.3, 0.4) is 0 Å². The van der Waals surface area contributed by atoms with E-state index in [1.165, 1.54) is 38.0 Å². The number of benzene rings is 2. The van der Waals surface area contributed by atoms with Crippen LogP contribution in [0, 0.1) is 15.5 Å². The molecule has 5 rings (SSSR count). The fourth-order valence-electron chi connectivity index (χ4n) is 5.24. The molecular weight excluding hydrogens is 522 g/mol. The second-order valence-electron chi connectivity index (χ2n) is 10.2. The summed E-state index contributed by atoms with van der Waals surface area (Å²) >= 11 is 1.13. The Labute approximate surface area is 227 Å². The predicted molar refractivity (Wildman–Crippen MR) is 145 cm³/mol. The number of nitrogens with zero attached hydrogens (tertiary/aromatic N) is 3. The van der Waals surface area contributed by atoms with Crippen molar-refractivity contribution >= 4 is 28.9 Å². The highest BCUT2D eigenvalue weighted by Gasteiger charge is 2.41. The molecule has 3 aromatic rings. The maximum absolute atomic E-state index is 13.9. The first kappa shape index (κ1) is 26.4. The van der Waals surface area contributed by atoms with Crippen molar-refractivity contribution in [1.29, 1.82) is 0 Å². The zero-order valence-corrected chi connectivity index (χ0v) is 23.0. The Morgan fingerprint density at radius 2 is 1.74 bits per heavy atom. The van der Waals surface area contributed by atoms with E-state index in [-0.39, 0.29) is 21.4 Å². The highest BCUT2D eigenvalue weighted by atomic mass is 32.1. The van der Waals surface area contributed by atoms with Gasteiger partial charge in [-0.15, -0.1) is 0 Å². The Morgan fingerprint density at radius 1 is 1.08 bits per heavy atom. The third-order valence-corrected chi connectivity index (χ3v) is 7.90. The largest absolute Gasteiger partial charge is 0.493 e. The number of allylic oxidation sites excluding steroid dienone is 2. The molecule has 0 amide bonds. The number of carbonyl (C=O) groups is 1. The lowest BCUT2D eigenvalue weighted by Crippen LogP contribution is -2.42. The summed E-state index contributed by atoms with van der Waals surface area (Å²) in [4.78, 5) is 43.8. The zero-order valence-electron chi connectivity index (χ0n) is 22.1. The van der Waals surface area contributed by atoms with Crippen molar-refractivity contribution in [2.45, 2.75) is 32.7 Å². The van der Waals surface area contributed by atoms with E-state index >= 15 is 0 Å². The summed E-state index contributed by atoms with van der Waals surface area (Å²) in [5, 5.41) is 11.6. The molecule has 202 valence electrons. The molecule has 2 aromatic carbocycles. The van der Waals surface area contributed by atoms with Crippen LogP contribution in [-0.4, -0.2) is 36.6 Å². The Morgan fingerprint density at radius 3 is 2.36 bits per heavy atom. The number of methoxy groups -OCH3 is 3. The Balaban J connectivity index is 1.82. The molecule has 11 heteroatoms. The van der Waals surface area contributed by atoms with Crippen molar-refractivity contribution < 1.29 is 23.9 Å². The topological polar surface area (TPSA) is 122 Å². The molecule has 1 unspecified atom stereocenters. The molecule has 0 bridgehead atoms. The second kappa shape index (κ2) is 9.81. The van der Waals surface area contributed by atoms with Gasteiger partial charge in [-0.05, 0) is 41.7 Å². The molecule has 0 N–H and O–H groups in total. The summed E-state index contributed by atoms with van der Waals surface area (Å²) in [6.45, 7) is 4.03. The number of hydrogen-bond acceptors (Lipinski definition) is 9. The molecule has 2 aliphatic rings. The number of nitro benzene ring substituents is 1. The summed E-state index contributed by atoms with van der Waals surface area (Å²) in [7, 11) is 4.50. The summed E-state index contributed by atoms with van der Waals surface area (Å²) in [6, 6.07) is 8.89. The van der Waals surface area contributed by atoms with E-state index in [1.54, 1.807) is 30.3 Å². The van der Waals surface area contributed by atoms with Gasteiger partial charge in [0.15, 0.2) is 22.1 Å². The summed E-state index contributed by atoms with van der Waals surface area (Å²) in [5.74, 6) is 1.07. The van der Waals surface area contributed by atoms with E-state index < -0.39 is 16.5 Å². The highest BCUT2D eigenvalue weighted by Crippen LogP contribution is 2.46. The first-order valence-electron chi connectivity index (χ1n) is 12.2. The van der Waals surface area contributed by atoms with Crippen molar-refractivity contribution in [2.24, 2.45) is 10.4 Å². The van der Waals surface area contributed by atoms with Crippen molar-refractivity contribution in [2.75, 3.05) is 21.3 Å². The van der Waals surface area contributed by atoms with Crippen LogP contribution in [0.1, 0.15) is 43.9 Å². The second-order valence-corrected chi connectivity index (χ2v) is 11.2. The number of ketones is 1. The number of thiazole rings is 1. The molecule has 0 radical (unpaired) electrons. The summed E-state index contributed by atoms with van der Waals surface area (Å²) in [6.07, 6.45) is 2.37. The Bertz CT molecular complexity index is 1710. The average Bonchev–Trinajstić information content (AvgIpc) is 3.20. The molecule has 0 saturated carbocycles. The van der Waals surface area contributed by atoms with Gasteiger partial charge in [0.05, 0.1) is 48.1 Å². The van der Waals surface area contributed by atoms with Gasteiger partial charge < -0.3 is 14.2 Å². The molecule has 0 spiro atoms. The van der Waals surface area contributed by atoms with Crippen LogP contribution in [0.2, 0.25) is 0 Å². The van der Waals surface area contributed by atoms with Gasteiger partial charge in [0, 0.05) is 18.1 Å². The fourth-order valence-corrected chi connectivity index (χ4v) is 6.25. The molecule has 0 fully saturated rings. The van der Waals surface area contributed by atoms with E-state index in [0.717, 1.165) is 11.3 Å². The molecular formula is C28H27N3O7S. The fraction of sp³-hybridized carbons (Fsp3) is 0.321. The minimum Gasteiger partial charge on any atom is -0.493 e. The molecule has 10 nitrogen and oxygen atoms in total. The monoisotopic (exact) mass is 549 g/mol. The first-order chi connectivity index (χ1) is 18.6. The highest BCUT2D eigenvalue weighted by molar-refractivity contribution is 7.07. The molecule has 39 heavy (non-hydrogen) atoms. The third-order valence-electron chi connectivity index (χ3n) is 6.92. The molecule has 1 aliphatic heterocycles. The number of rotatable bonds is 6. The van der Waals surface area contributed by atoms with Crippen LogP contribution in [0.5, 0.6) is 17.2 Å². The van der Waals surface area contributed by atoms with Crippen LogP contribution < -0.4 is 29.1 Å². The van der Waals surface area contributed by atoms with Gasteiger partial charge in [0.25, 0.3) is 11.2 Å². The number of fused-ring (bicyclic) bond motifs is 1. The van der Waals surface area contributed by atoms with Crippen molar-refractivity contribution in [3.63, 3.8) is 0 Å². The number of nitro groups is 1. The van der Waals surface area contributed by atoms with Gasteiger partial charge in [-0.25, -0.2) is 4.99 Å². The number of Topliss-reactive ketones (excluding diaryl/α,β-unsaturated/α-hetero) is 1. The predicted octanol–water partition coefficient (Wildman–Crippen LogP) is 3.54. The number of aromatic nitrogens is 1. The molecule has 1 atom stereocenters. The van der Waals surface area contributed by atoms with Gasteiger partial charge in [-0.2, -0.15) is 0 Å². The maximum atomic E-state index is 13.9. The third kappa shape index (κ3) is 4.52. The normalized spacial score (nSPS) is 18.2. The van der Waals surface area contributed by atoms with Crippen molar-refractivity contribution in [3.05, 3.63) is 88.6 Å². The van der Waals surface area contributed by atoms with Crippen molar-refractivity contribution in [1.82, 2.24) is 4.57 Å². The van der Waals surface area contributed by atoms with Crippen LogP contribution >= 0.6 is 11.3 Å². The maximum Gasteiger partial charge on any atom is 0.276 e. The number of para-hydroxylation sites is 1. The molecule has 1 aliphatic carbocycles. The van der Waals surface area contributed by atoms with Gasteiger partial charge in [-0.3, -0.25) is 24.3 Å². The quantitative estimate of drug-likeness (QED) is 0.340. The molecule has 0 saturated heterocycles. The standard InChI is InChI=1S/C28H27N3O7S/c1-28(2)13-17-23(19(32)14-28)24(16-10-20(36-3)25(38-5)21(11-16)37-4)30-26(33)22(39-27(30)29-17)12-15-8-6-7-9-18(15)31(34)35/h6-12,24H,13-14H2,1-5H3. The Hall–Kier alpha value is -4.25. The van der Waals surface area contributed by atoms with Gasteiger partial charge in [0.1, 0.15) is 0 Å². The van der Waals surface area contributed by atoms with E-state index in [2.05, 4.69) is 0 Å². The van der Waals surface area contributed by atoms with E-state index in [4.69, 9.17) is 19.2 Å². The SMILES string of the molecule is COc1cc(C2C3=C(CC(C)(C)CC3=O)N=c3sc(=Cc4ccccc4[N+](=O)[O-])c(=O)n32)cc(OC)c1OC. The molecule has 1 aromatic heterocycles. The number of hydrogen-bond donors (Lipinski definition) is 0. The number of carbonyl (C=O) groups excluding carboxylic acids is 1. The zero-order chi connectivity index (χ0) is 28.1. The average molecular weight is 550 g/mol. The lowest BCUT2D eigenvalue weighted by atomic mass is 9.73. The van der Waals surface area contributed by atoms with Gasteiger partial charge >= 0.3 is 0 Å². The lowest BCUT2D eigenvalue weighted by Gasteiger charge is -2.35. The van der Waals surface area contributed by atoms with Gasteiger partial charge in [0.2, 0.25) is 5.75 Å². The lowest BCUT2D eigenvalue weighted by molar-refractivity contribution is -0.385. The van der Waals surface area contributed by atoms with Crippen molar-refractivity contribution in [3.8, 4) is 17.2 Å². The summed E-state index contributed by atoms with van der Waals surface area (Å²) in [5.41, 5.74) is 1.18. The molecule has 2 heterocycles.